The first-order chi connectivity index (χ1) is 10.1. The minimum absolute atomic E-state index is 0.323. The Hall–Kier alpha value is -2.31. The summed E-state index contributed by atoms with van der Waals surface area (Å²) in [6.07, 6.45) is 0. The first-order valence-corrected chi connectivity index (χ1v) is 7.22. The molecule has 0 saturated heterocycles. The third-order valence-corrected chi connectivity index (χ3v) is 3.82. The third-order valence-electron chi connectivity index (χ3n) is 3.58. The summed E-state index contributed by atoms with van der Waals surface area (Å²) in [5, 5.41) is 9.13. The van der Waals surface area contributed by atoms with E-state index in [1.165, 1.54) is 0 Å². The lowest BCUT2D eigenvalue weighted by atomic mass is 10.1. The van der Waals surface area contributed by atoms with Crippen molar-refractivity contribution in [2.75, 3.05) is 0 Å². The third kappa shape index (κ3) is 2.28. The van der Waals surface area contributed by atoms with Crippen molar-refractivity contribution < 1.29 is 0 Å². The van der Waals surface area contributed by atoms with Gasteiger partial charge in [-0.15, -0.1) is 11.6 Å². The fraction of sp³-hybridized carbons (Fsp3) is 0.176. The monoisotopic (exact) mass is 295 g/mol. The Morgan fingerprint density at radius 2 is 2.00 bits per heavy atom. The number of halogens is 1. The SMILES string of the molecule is Cc1ccc2c(c1)nc(CCl)n2-c1cc(C#N)ccc1C. The van der Waals surface area contributed by atoms with Crippen LogP contribution in [0.1, 0.15) is 22.5 Å². The molecular formula is C17H14ClN3. The maximum atomic E-state index is 9.13. The van der Waals surface area contributed by atoms with Crippen molar-refractivity contribution in [1.82, 2.24) is 9.55 Å². The van der Waals surface area contributed by atoms with E-state index in [-0.39, 0.29) is 0 Å². The molecular weight excluding hydrogens is 282 g/mol. The number of imidazole rings is 1. The van der Waals surface area contributed by atoms with Gasteiger partial charge in [-0.05, 0) is 49.2 Å². The lowest BCUT2D eigenvalue weighted by molar-refractivity contribution is 0.971. The van der Waals surface area contributed by atoms with Crippen molar-refractivity contribution in [1.29, 1.82) is 5.26 Å². The highest BCUT2D eigenvalue weighted by atomic mass is 35.5. The second-order valence-corrected chi connectivity index (χ2v) is 5.37. The van der Waals surface area contributed by atoms with Crippen LogP contribution in [0.3, 0.4) is 0 Å². The number of alkyl halides is 1. The zero-order valence-electron chi connectivity index (χ0n) is 11.9. The normalized spacial score (nSPS) is 10.8. The van der Waals surface area contributed by atoms with Crippen molar-refractivity contribution in [3.8, 4) is 11.8 Å². The van der Waals surface area contributed by atoms with Crippen LogP contribution < -0.4 is 0 Å². The first-order valence-electron chi connectivity index (χ1n) is 6.69. The van der Waals surface area contributed by atoms with E-state index < -0.39 is 0 Å². The summed E-state index contributed by atoms with van der Waals surface area (Å²) >= 11 is 6.07. The van der Waals surface area contributed by atoms with E-state index in [1.54, 1.807) is 0 Å². The highest BCUT2D eigenvalue weighted by molar-refractivity contribution is 6.17. The second-order valence-electron chi connectivity index (χ2n) is 5.10. The van der Waals surface area contributed by atoms with Gasteiger partial charge in [0.15, 0.2) is 0 Å². The molecule has 3 rings (SSSR count). The van der Waals surface area contributed by atoms with Gasteiger partial charge >= 0.3 is 0 Å². The summed E-state index contributed by atoms with van der Waals surface area (Å²) in [4.78, 5) is 4.61. The number of benzene rings is 2. The molecule has 0 saturated carbocycles. The zero-order valence-corrected chi connectivity index (χ0v) is 12.6. The summed E-state index contributed by atoms with van der Waals surface area (Å²) in [7, 11) is 0. The van der Waals surface area contributed by atoms with Crippen molar-refractivity contribution >= 4 is 22.6 Å². The van der Waals surface area contributed by atoms with Crippen LogP contribution >= 0.6 is 11.6 Å². The van der Waals surface area contributed by atoms with Crippen LogP contribution in [0, 0.1) is 25.2 Å². The summed E-state index contributed by atoms with van der Waals surface area (Å²) in [5.74, 6) is 1.11. The van der Waals surface area contributed by atoms with Gasteiger partial charge in [-0.3, -0.25) is 4.57 Å². The molecule has 0 spiro atoms. The predicted molar refractivity (Wildman–Crippen MR) is 84.8 cm³/mol. The van der Waals surface area contributed by atoms with Crippen LogP contribution in [-0.4, -0.2) is 9.55 Å². The number of aryl methyl sites for hydroxylation is 2. The molecule has 0 fully saturated rings. The van der Waals surface area contributed by atoms with E-state index >= 15 is 0 Å². The summed E-state index contributed by atoms with van der Waals surface area (Å²) in [6, 6.07) is 14.0. The van der Waals surface area contributed by atoms with Gasteiger partial charge in [-0.2, -0.15) is 5.26 Å². The van der Waals surface area contributed by atoms with Crippen LogP contribution in [0.5, 0.6) is 0 Å². The smallest absolute Gasteiger partial charge is 0.129 e. The summed E-state index contributed by atoms with van der Waals surface area (Å²) in [6.45, 7) is 4.06. The van der Waals surface area contributed by atoms with Crippen LogP contribution in [0.4, 0.5) is 0 Å². The van der Waals surface area contributed by atoms with Crippen LogP contribution in [0.2, 0.25) is 0 Å². The van der Waals surface area contributed by atoms with Crippen molar-refractivity contribution in [3.63, 3.8) is 0 Å². The molecule has 0 unspecified atom stereocenters. The minimum atomic E-state index is 0.323. The molecule has 0 amide bonds. The number of aromatic nitrogens is 2. The molecule has 0 bridgehead atoms. The number of nitrogens with zero attached hydrogens (tertiary/aromatic N) is 3. The van der Waals surface area contributed by atoms with Gasteiger partial charge in [-0.25, -0.2) is 4.98 Å². The van der Waals surface area contributed by atoms with E-state index in [1.807, 2.05) is 48.7 Å². The van der Waals surface area contributed by atoms with Crippen molar-refractivity contribution in [2.24, 2.45) is 0 Å². The molecule has 0 aliphatic rings. The summed E-state index contributed by atoms with van der Waals surface area (Å²) in [5.41, 5.74) is 5.76. The van der Waals surface area contributed by atoms with E-state index in [4.69, 9.17) is 16.9 Å². The lowest BCUT2D eigenvalue weighted by Gasteiger charge is -2.11. The van der Waals surface area contributed by atoms with Gasteiger partial charge in [0, 0.05) is 0 Å². The molecule has 2 aromatic carbocycles. The van der Waals surface area contributed by atoms with Gasteiger partial charge in [0.2, 0.25) is 0 Å². The Kier molecular flexibility index (Phi) is 3.40. The number of rotatable bonds is 2. The maximum Gasteiger partial charge on any atom is 0.129 e. The Labute approximate surface area is 128 Å². The Balaban J connectivity index is 2.36. The quantitative estimate of drug-likeness (QED) is 0.663. The molecule has 0 radical (unpaired) electrons. The number of fused-ring (bicyclic) bond motifs is 1. The van der Waals surface area contributed by atoms with Gasteiger partial charge in [-0.1, -0.05) is 12.1 Å². The second kappa shape index (κ2) is 5.23. The molecule has 4 heteroatoms. The van der Waals surface area contributed by atoms with Gasteiger partial charge in [0.05, 0.1) is 34.2 Å². The number of hydrogen-bond donors (Lipinski definition) is 0. The molecule has 0 aliphatic heterocycles. The van der Waals surface area contributed by atoms with E-state index in [0.29, 0.717) is 11.4 Å². The topological polar surface area (TPSA) is 41.6 Å². The maximum absolute atomic E-state index is 9.13. The molecule has 0 atom stereocenters. The van der Waals surface area contributed by atoms with Crippen LogP contribution in [0.15, 0.2) is 36.4 Å². The fourth-order valence-corrected chi connectivity index (χ4v) is 2.70. The standard InChI is InChI=1S/C17H14ClN3/c1-11-3-6-15-14(7-11)20-17(9-18)21(15)16-8-13(10-19)5-4-12(16)2/h3-8H,9H2,1-2H3. The molecule has 1 aromatic heterocycles. The van der Waals surface area contributed by atoms with Gasteiger partial charge < -0.3 is 0 Å². The molecule has 0 N–H and O–H groups in total. The van der Waals surface area contributed by atoms with Gasteiger partial charge in [0.25, 0.3) is 0 Å². The highest BCUT2D eigenvalue weighted by Crippen LogP contribution is 2.26. The molecule has 0 aliphatic carbocycles. The largest absolute Gasteiger partial charge is 0.295 e. The van der Waals surface area contributed by atoms with Gasteiger partial charge in [0.1, 0.15) is 5.82 Å². The molecule has 1 heterocycles. The summed E-state index contributed by atoms with van der Waals surface area (Å²) < 4.78 is 2.04. The molecule has 104 valence electrons. The van der Waals surface area contributed by atoms with Crippen molar-refractivity contribution in [2.45, 2.75) is 19.7 Å². The van der Waals surface area contributed by atoms with Crippen LogP contribution in [0.25, 0.3) is 16.7 Å². The van der Waals surface area contributed by atoms with Crippen LogP contribution in [-0.2, 0) is 5.88 Å². The Morgan fingerprint density at radius 1 is 1.19 bits per heavy atom. The highest BCUT2D eigenvalue weighted by Gasteiger charge is 2.14. The minimum Gasteiger partial charge on any atom is -0.295 e. The van der Waals surface area contributed by atoms with E-state index in [9.17, 15) is 0 Å². The molecule has 21 heavy (non-hydrogen) atoms. The number of hydrogen-bond acceptors (Lipinski definition) is 2. The van der Waals surface area contributed by atoms with E-state index in [0.717, 1.165) is 33.7 Å². The lowest BCUT2D eigenvalue weighted by Crippen LogP contribution is -2.02. The average molecular weight is 296 g/mol. The first kappa shape index (κ1) is 13.7. The Bertz CT molecular complexity index is 872. The average Bonchev–Trinajstić information content (AvgIpc) is 2.85. The van der Waals surface area contributed by atoms with Crippen molar-refractivity contribution in [3.05, 3.63) is 58.9 Å². The van der Waals surface area contributed by atoms with E-state index in [2.05, 4.69) is 17.1 Å². The molecule has 3 nitrogen and oxygen atoms in total. The predicted octanol–water partition coefficient (Wildman–Crippen LogP) is 4.25. The Morgan fingerprint density at radius 3 is 2.71 bits per heavy atom. The molecule has 3 aromatic rings. The zero-order chi connectivity index (χ0) is 15.0. The fourth-order valence-electron chi connectivity index (χ4n) is 2.52. The number of nitriles is 1.